The Kier molecular flexibility index (Phi) is 14.6. The first-order chi connectivity index (χ1) is 30.0. The van der Waals surface area contributed by atoms with E-state index in [1.54, 1.807) is 60.9 Å². The molecule has 0 aliphatic carbocycles. The molecule has 15 nitrogen and oxygen atoms in total. The highest BCUT2D eigenvalue weighted by atomic mass is 35.5. The van der Waals surface area contributed by atoms with Crippen molar-refractivity contribution in [1.29, 1.82) is 0 Å². The van der Waals surface area contributed by atoms with Gasteiger partial charge >= 0.3 is 5.97 Å². The number of aromatic carboxylic acids is 1. The van der Waals surface area contributed by atoms with Crippen molar-refractivity contribution in [3.63, 3.8) is 0 Å². The summed E-state index contributed by atoms with van der Waals surface area (Å²) in [5.41, 5.74) is 10.6. The number of pyridine rings is 2. The molecule has 2 aromatic carbocycles. The van der Waals surface area contributed by atoms with E-state index in [9.17, 15) is 14.0 Å². The average molecular weight is 909 g/mol. The first-order valence-corrected chi connectivity index (χ1v) is 21.3. The van der Waals surface area contributed by atoms with E-state index in [0.29, 0.717) is 58.2 Å². The van der Waals surface area contributed by atoms with Crippen LogP contribution >= 0.6 is 34.3 Å². The fourth-order valence-corrected chi connectivity index (χ4v) is 7.49. The Morgan fingerprint density at radius 2 is 1.19 bits per heavy atom. The summed E-state index contributed by atoms with van der Waals surface area (Å²) < 4.78 is 22.6. The Morgan fingerprint density at radius 3 is 1.67 bits per heavy atom. The molecular weight excluding hydrogens is 867 g/mol. The average Bonchev–Trinajstić information content (AvgIpc) is 4.13. The molecule has 4 N–H and O–H groups in total. The molecule has 0 saturated carbocycles. The van der Waals surface area contributed by atoms with E-state index >= 15 is 0 Å². The third-order valence-corrected chi connectivity index (χ3v) is 11.9. The fourth-order valence-electron chi connectivity index (χ4n) is 5.44. The van der Waals surface area contributed by atoms with Gasteiger partial charge < -0.3 is 25.2 Å². The highest BCUT2D eigenvalue weighted by molar-refractivity contribution is 7.10. The summed E-state index contributed by atoms with van der Waals surface area (Å²) >= 11 is 9.14. The molecule has 1 amide bonds. The smallest absolute Gasteiger partial charge is 0.337 e. The summed E-state index contributed by atoms with van der Waals surface area (Å²) in [4.78, 5) is 48.8. The molecular formula is C44H42ClFN10O5S2. The lowest BCUT2D eigenvalue weighted by molar-refractivity contribution is 0.0696. The number of nitrogens with two attached hydrogens (primary N) is 1. The number of carbonyl (C=O) groups excluding carboxylic acids is 1. The topological polar surface area (TPSA) is 222 Å². The van der Waals surface area contributed by atoms with Crippen molar-refractivity contribution < 1.29 is 28.1 Å². The van der Waals surface area contributed by atoms with Crippen molar-refractivity contribution in [2.45, 2.75) is 52.4 Å². The minimum atomic E-state index is -1.04. The molecule has 0 fully saturated rings. The maximum absolute atomic E-state index is 12.8. The van der Waals surface area contributed by atoms with Crippen LogP contribution in [-0.2, 0) is 10.8 Å². The number of aryl methyl sites for hydroxylation is 2. The molecule has 324 valence electrons. The number of hydrogen-bond acceptors (Lipinski definition) is 15. The van der Waals surface area contributed by atoms with Gasteiger partial charge in [-0.1, -0.05) is 61.7 Å². The quantitative estimate of drug-likeness (QED) is 0.110. The number of benzene rings is 2. The lowest BCUT2D eigenvalue weighted by Crippen LogP contribution is -2.36. The van der Waals surface area contributed by atoms with E-state index in [-0.39, 0.29) is 28.1 Å². The van der Waals surface area contributed by atoms with Gasteiger partial charge in [0.2, 0.25) is 23.4 Å². The van der Waals surface area contributed by atoms with Crippen LogP contribution < -0.4 is 11.1 Å². The fraction of sp³-hybridized carbons (Fsp3) is 0.227. The van der Waals surface area contributed by atoms with Crippen LogP contribution in [0, 0.1) is 19.7 Å². The Labute approximate surface area is 374 Å². The van der Waals surface area contributed by atoms with Gasteiger partial charge in [0.1, 0.15) is 15.8 Å². The molecule has 19 heteroatoms. The normalized spacial score (nSPS) is 11.3. The van der Waals surface area contributed by atoms with Gasteiger partial charge in [-0.2, -0.15) is 9.97 Å². The zero-order chi connectivity index (χ0) is 45.3. The first-order valence-electron chi connectivity index (χ1n) is 19.2. The molecule has 0 aliphatic rings. The second-order valence-corrected chi connectivity index (χ2v) is 17.4. The maximum atomic E-state index is 12.8. The van der Waals surface area contributed by atoms with Crippen LogP contribution in [0.25, 0.3) is 45.3 Å². The third-order valence-electron chi connectivity index (χ3n) is 9.20. The van der Waals surface area contributed by atoms with Crippen molar-refractivity contribution in [3.05, 3.63) is 140 Å². The van der Waals surface area contributed by atoms with Crippen molar-refractivity contribution >= 4 is 46.2 Å². The Hall–Kier alpha value is -6.60. The monoisotopic (exact) mass is 908 g/mol. The second-order valence-electron chi connectivity index (χ2n) is 15.2. The van der Waals surface area contributed by atoms with Crippen LogP contribution in [0.5, 0.6) is 0 Å². The number of carboxylic acids is 1. The number of carbonyl (C=O) groups is 2. The van der Waals surface area contributed by atoms with Crippen LogP contribution in [-0.4, -0.2) is 70.3 Å². The van der Waals surface area contributed by atoms with Gasteiger partial charge in [-0.25, -0.2) is 19.2 Å². The number of nitrogens with one attached hydrogen (secondary N) is 1. The van der Waals surface area contributed by atoms with E-state index in [1.807, 2.05) is 35.0 Å². The highest BCUT2D eigenvalue weighted by Gasteiger charge is 2.26. The van der Waals surface area contributed by atoms with Gasteiger partial charge in [0.25, 0.3) is 5.91 Å². The maximum Gasteiger partial charge on any atom is 0.337 e. The third kappa shape index (κ3) is 12.1. The zero-order valence-electron chi connectivity index (χ0n) is 35.0. The molecule has 6 heterocycles. The van der Waals surface area contributed by atoms with E-state index in [1.165, 1.54) is 36.8 Å². The van der Waals surface area contributed by atoms with E-state index in [4.69, 9.17) is 36.5 Å². The molecule has 0 spiro atoms. The summed E-state index contributed by atoms with van der Waals surface area (Å²) in [7, 11) is 0. The van der Waals surface area contributed by atoms with Crippen LogP contribution in [0.4, 0.5) is 4.39 Å². The van der Waals surface area contributed by atoms with Gasteiger partial charge in [0, 0.05) is 101 Å². The zero-order valence-corrected chi connectivity index (χ0v) is 37.3. The van der Waals surface area contributed by atoms with Gasteiger partial charge in [0.05, 0.1) is 22.5 Å². The molecule has 0 unspecified atom stereocenters. The second kappa shape index (κ2) is 20.1. The molecule has 8 aromatic rings. The van der Waals surface area contributed by atoms with Crippen molar-refractivity contribution in [3.8, 4) is 45.3 Å². The van der Waals surface area contributed by atoms with Gasteiger partial charge in [-0.15, -0.1) is 22.7 Å². The van der Waals surface area contributed by atoms with Crippen molar-refractivity contribution in [2.24, 2.45) is 5.73 Å². The van der Waals surface area contributed by atoms with Crippen LogP contribution in [0.15, 0.2) is 105 Å². The van der Waals surface area contributed by atoms with E-state index in [2.05, 4.69) is 68.2 Å². The number of nitrogens with zero attached hydrogens (tertiary/aromatic N) is 8. The standard InChI is InChI=1S/C22H20ClN5O2S.C13H15FN2S.C9H7N3O3/c1-13-26-19(28-30-13)15-8-16(10-24-9-15)20(29)25-12-22(2,3)21-27-18(11-31-21)14-4-6-17(23)7-5-14;1-13(2,8-15)12-16-11(7-17-12)9-3-5-10(14)6-4-9;1-5-11-8(12-15-5)6-2-7(9(13)14)4-10-3-6/h4-11H,12H2,1-3H3,(H,25,29);3-7H,8,15H2,1-2H3;2-4H,1H3,(H,13,14). The number of hydrogen-bond donors (Lipinski definition) is 3. The minimum absolute atomic E-state index is 0.0925. The molecule has 0 radical (unpaired) electrons. The largest absolute Gasteiger partial charge is 0.478 e. The first kappa shape index (κ1) is 45.9. The van der Waals surface area contributed by atoms with Crippen molar-refractivity contribution in [2.75, 3.05) is 13.1 Å². The predicted octanol–water partition coefficient (Wildman–Crippen LogP) is 9.25. The Morgan fingerprint density at radius 1 is 0.714 bits per heavy atom. The Balaban J connectivity index is 0.000000174. The number of carboxylic acid groups (broad SMARTS) is 1. The lowest BCUT2D eigenvalue weighted by Gasteiger charge is -2.22. The van der Waals surface area contributed by atoms with Crippen LogP contribution in [0.1, 0.15) is 70.2 Å². The van der Waals surface area contributed by atoms with Crippen LogP contribution in [0.2, 0.25) is 5.02 Å². The van der Waals surface area contributed by atoms with Gasteiger partial charge in [0.15, 0.2) is 0 Å². The number of amides is 1. The van der Waals surface area contributed by atoms with Crippen LogP contribution in [0.3, 0.4) is 0 Å². The Bertz CT molecular complexity index is 2800. The summed E-state index contributed by atoms with van der Waals surface area (Å²) in [6.07, 6.45) is 5.86. The molecule has 0 bridgehead atoms. The number of rotatable bonds is 11. The molecule has 8 rings (SSSR count). The number of aromatic nitrogens is 8. The predicted molar refractivity (Wildman–Crippen MR) is 239 cm³/mol. The molecule has 0 aliphatic heterocycles. The van der Waals surface area contributed by atoms with Gasteiger partial charge in [-0.05, 0) is 48.5 Å². The van der Waals surface area contributed by atoms with Gasteiger partial charge in [-0.3, -0.25) is 14.8 Å². The summed E-state index contributed by atoms with van der Waals surface area (Å²) in [5, 5.41) is 25.9. The number of thiazole rings is 2. The molecule has 63 heavy (non-hydrogen) atoms. The molecule has 0 atom stereocenters. The number of halogens is 2. The van der Waals surface area contributed by atoms with E-state index in [0.717, 1.165) is 32.5 Å². The lowest BCUT2D eigenvalue weighted by atomic mass is 9.94. The molecule has 6 aromatic heterocycles. The minimum Gasteiger partial charge on any atom is -0.478 e. The summed E-state index contributed by atoms with van der Waals surface area (Å²) in [5.74, 6) is 0.118. The SMILES string of the molecule is CC(C)(CN)c1nc(-c2ccc(F)cc2)cs1.Cc1nc(-c2cncc(C(=O)NCC(C)(C)c3nc(-c4ccc(Cl)cc4)cs3)c2)no1.Cc1nc(-c2cncc(C(=O)O)c2)no1. The highest BCUT2D eigenvalue weighted by Crippen LogP contribution is 2.32. The summed E-state index contributed by atoms with van der Waals surface area (Å²) in [6, 6.07) is 17.1. The molecule has 0 saturated heterocycles. The summed E-state index contributed by atoms with van der Waals surface area (Å²) in [6.45, 7) is 12.6. The van der Waals surface area contributed by atoms with Crippen molar-refractivity contribution in [1.82, 2.24) is 45.5 Å². The van der Waals surface area contributed by atoms with E-state index < -0.39 is 5.97 Å².